The second-order valence-electron chi connectivity index (χ2n) is 5.71. The van der Waals surface area contributed by atoms with Crippen molar-refractivity contribution in [1.82, 2.24) is 10.2 Å². The number of carbonyl (C=O) groups is 1. The van der Waals surface area contributed by atoms with Gasteiger partial charge in [-0.2, -0.15) is 0 Å². The van der Waals surface area contributed by atoms with E-state index in [-0.39, 0.29) is 18.0 Å². The van der Waals surface area contributed by atoms with Crippen molar-refractivity contribution in [2.45, 2.75) is 6.42 Å². The van der Waals surface area contributed by atoms with Gasteiger partial charge in [0.2, 0.25) is 5.91 Å². The highest BCUT2D eigenvalue weighted by Crippen LogP contribution is 2.24. The van der Waals surface area contributed by atoms with Gasteiger partial charge in [0.05, 0.1) is 6.42 Å². The number of nitrogens with zero attached hydrogens (tertiary/aromatic N) is 3. The van der Waals surface area contributed by atoms with Crippen LogP contribution in [0.3, 0.4) is 0 Å². The highest BCUT2D eigenvalue weighted by Gasteiger charge is 2.08. The maximum Gasteiger partial charge on any atom is 0.228 e. The number of nitrogens with one attached hydrogen (secondary N) is 2. The van der Waals surface area contributed by atoms with E-state index in [0.717, 1.165) is 5.56 Å². The predicted molar refractivity (Wildman–Crippen MR) is 105 cm³/mol. The van der Waals surface area contributed by atoms with Gasteiger partial charge in [0.1, 0.15) is 11.5 Å². The highest BCUT2D eigenvalue weighted by atomic mass is 19.1. The van der Waals surface area contributed by atoms with Gasteiger partial charge in [-0.25, -0.2) is 4.39 Å². The zero-order valence-electron chi connectivity index (χ0n) is 15.3. The number of amides is 1. The molecule has 0 fully saturated rings. The van der Waals surface area contributed by atoms with Gasteiger partial charge < -0.3 is 15.5 Å². The van der Waals surface area contributed by atoms with Gasteiger partial charge in [-0.15, -0.1) is 10.2 Å². The normalized spacial score (nSPS) is 10.9. The standard InChI is InChI=1S/C20H22FN5O/c1-15(26(3)12-11-22-2)24-25-19-14-17(9-10-18(19)21)23-20(27)13-16-7-5-4-6-8-16/h4-12,14,22H,1,13H2,2-3H3,(H,23,27)/b12-11-,25-24?. The molecule has 2 aromatic carbocycles. The number of hydrogen-bond acceptors (Lipinski definition) is 5. The monoisotopic (exact) mass is 367 g/mol. The Balaban J connectivity index is 2.04. The van der Waals surface area contributed by atoms with Crippen molar-refractivity contribution in [1.29, 1.82) is 0 Å². The van der Waals surface area contributed by atoms with E-state index in [1.165, 1.54) is 18.2 Å². The summed E-state index contributed by atoms with van der Waals surface area (Å²) in [5.74, 6) is -0.405. The molecule has 1 amide bonds. The molecule has 0 aliphatic carbocycles. The number of anilines is 1. The molecule has 2 aromatic rings. The molecule has 0 heterocycles. The fraction of sp³-hybridized carbons (Fsp3) is 0.150. The average molecular weight is 367 g/mol. The van der Waals surface area contributed by atoms with Crippen LogP contribution in [0.1, 0.15) is 5.56 Å². The molecule has 0 unspecified atom stereocenters. The summed E-state index contributed by atoms with van der Waals surface area (Å²) < 4.78 is 14.0. The molecule has 0 saturated carbocycles. The zero-order chi connectivity index (χ0) is 19.6. The lowest BCUT2D eigenvalue weighted by atomic mass is 10.1. The van der Waals surface area contributed by atoms with Gasteiger partial charge in [0.15, 0.2) is 5.82 Å². The lowest BCUT2D eigenvalue weighted by Crippen LogP contribution is -2.14. The van der Waals surface area contributed by atoms with Gasteiger partial charge in [-0.1, -0.05) is 36.9 Å². The minimum absolute atomic E-state index is 0.0136. The topological polar surface area (TPSA) is 69.1 Å². The average Bonchev–Trinajstić information content (AvgIpc) is 2.66. The maximum absolute atomic E-state index is 14.0. The van der Waals surface area contributed by atoms with Crippen LogP contribution >= 0.6 is 0 Å². The summed E-state index contributed by atoms with van der Waals surface area (Å²) in [6, 6.07) is 13.5. The quantitative estimate of drug-likeness (QED) is 0.688. The summed E-state index contributed by atoms with van der Waals surface area (Å²) >= 11 is 0. The fourth-order valence-corrected chi connectivity index (χ4v) is 2.11. The van der Waals surface area contributed by atoms with E-state index in [2.05, 4.69) is 27.4 Å². The Bertz CT molecular complexity index is 849. The zero-order valence-corrected chi connectivity index (χ0v) is 15.3. The van der Waals surface area contributed by atoms with Crippen LogP contribution in [0.25, 0.3) is 0 Å². The predicted octanol–water partition coefficient (Wildman–Crippen LogP) is 4.18. The first kappa shape index (κ1) is 19.8. The molecule has 6 nitrogen and oxygen atoms in total. The molecule has 27 heavy (non-hydrogen) atoms. The van der Waals surface area contributed by atoms with E-state index < -0.39 is 5.82 Å². The van der Waals surface area contributed by atoms with E-state index in [9.17, 15) is 9.18 Å². The lowest BCUT2D eigenvalue weighted by molar-refractivity contribution is -0.115. The number of hydrogen-bond donors (Lipinski definition) is 2. The van der Waals surface area contributed by atoms with Crippen LogP contribution in [0.15, 0.2) is 83.6 Å². The van der Waals surface area contributed by atoms with Crippen LogP contribution in [0, 0.1) is 5.82 Å². The molecule has 0 bridgehead atoms. The Morgan fingerprint density at radius 3 is 2.70 bits per heavy atom. The second-order valence-corrected chi connectivity index (χ2v) is 5.71. The van der Waals surface area contributed by atoms with Gasteiger partial charge >= 0.3 is 0 Å². The van der Waals surface area contributed by atoms with Crippen LogP contribution in [-0.2, 0) is 11.2 Å². The highest BCUT2D eigenvalue weighted by molar-refractivity contribution is 5.92. The van der Waals surface area contributed by atoms with Crippen LogP contribution < -0.4 is 10.6 Å². The van der Waals surface area contributed by atoms with Crippen molar-refractivity contribution in [3.63, 3.8) is 0 Å². The molecular weight excluding hydrogens is 345 g/mol. The maximum atomic E-state index is 14.0. The molecule has 0 aliphatic heterocycles. The Kier molecular flexibility index (Phi) is 7.25. The first-order chi connectivity index (χ1) is 13.0. The first-order valence-electron chi connectivity index (χ1n) is 8.30. The van der Waals surface area contributed by atoms with Crippen molar-refractivity contribution < 1.29 is 9.18 Å². The number of halogens is 1. The minimum Gasteiger partial charge on any atom is -0.393 e. The van der Waals surface area contributed by atoms with E-state index in [1.807, 2.05) is 30.3 Å². The van der Waals surface area contributed by atoms with Gasteiger partial charge in [0.25, 0.3) is 0 Å². The van der Waals surface area contributed by atoms with E-state index in [1.54, 1.807) is 31.4 Å². The molecule has 0 saturated heterocycles. The van der Waals surface area contributed by atoms with Crippen LogP contribution in [0.2, 0.25) is 0 Å². The van der Waals surface area contributed by atoms with Crippen molar-refractivity contribution >= 4 is 17.3 Å². The van der Waals surface area contributed by atoms with E-state index in [0.29, 0.717) is 11.5 Å². The smallest absolute Gasteiger partial charge is 0.228 e. The van der Waals surface area contributed by atoms with Crippen molar-refractivity contribution in [3.05, 3.63) is 84.7 Å². The molecule has 0 spiro atoms. The molecule has 140 valence electrons. The van der Waals surface area contributed by atoms with Crippen molar-refractivity contribution in [2.24, 2.45) is 10.2 Å². The lowest BCUT2D eigenvalue weighted by Gasteiger charge is -2.11. The first-order valence-corrected chi connectivity index (χ1v) is 8.30. The van der Waals surface area contributed by atoms with Crippen molar-refractivity contribution in [2.75, 3.05) is 19.4 Å². The second kappa shape index (κ2) is 9.86. The molecule has 2 rings (SSSR count). The SMILES string of the molecule is C=C(N=Nc1cc(NC(=O)Cc2ccccc2)ccc1F)N(C)/C=C\NC. The fourth-order valence-electron chi connectivity index (χ4n) is 2.11. The van der Waals surface area contributed by atoms with Crippen molar-refractivity contribution in [3.8, 4) is 0 Å². The summed E-state index contributed by atoms with van der Waals surface area (Å²) in [5.41, 5.74) is 1.35. The number of benzene rings is 2. The summed E-state index contributed by atoms with van der Waals surface area (Å²) in [6.07, 6.45) is 3.64. The van der Waals surface area contributed by atoms with Crippen LogP contribution in [0.5, 0.6) is 0 Å². The molecule has 0 radical (unpaired) electrons. The largest absolute Gasteiger partial charge is 0.393 e. The molecule has 0 atom stereocenters. The third-order valence-corrected chi connectivity index (χ3v) is 3.58. The molecular formula is C20H22FN5O. The summed E-state index contributed by atoms with van der Waals surface area (Å²) in [6.45, 7) is 3.76. The number of azo groups is 1. The van der Waals surface area contributed by atoms with Gasteiger partial charge in [-0.3, -0.25) is 4.79 Å². The summed E-state index contributed by atoms with van der Waals surface area (Å²) in [7, 11) is 3.51. The molecule has 7 heteroatoms. The van der Waals surface area contributed by atoms with Crippen LogP contribution in [0.4, 0.5) is 15.8 Å². The summed E-state index contributed by atoms with van der Waals surface area (Å²) in [4.78, 5) is 13.8. The Morgan fingerprint density at radius 1 is 1.26 bits per heavy atom. The molecule has 0 aliphatic rings. The minimum atomic E-state index is -0.541. The molecule has 2 N–H and O–H groups in total. The van der Waals surface area contributed by atoms with Gasteiger partial charge in [-0.05, 0) is 23.8 Å². The van der Waals surface area contributed by atoms with Gasteiger partial charge in [0, 0.05) is 32.2 Å². The third kappa shape index (κ3) is 6.39. The Morgan fingerprint density at radius 2 is 2.00 bits per heavy atom. The number of rotatable bonds is 8. The Hall–Kier alpha value is -3.48. The molecule has 0 aromatic heterocycles. The third-order valence-electron chi connectivity index (χ3n) is 3.58. The van der Waals surface area contributed by atoms with E-state index >= 15 is 0 Å². The number of carbonyl (C=O) groups excluding carboxylic acids is 1. The van der Waals surface area contributed by atoms with Crippen LogP contribution in [-0.4, -0.2) is 24.9 Å². The summed E-state index contributed by atoms with van der Waals surface area (Å²) in [5, 5.41) is 13.4. The Labute approximate surface area is 158 Å². The van der Waals surface area contributed by atoms with E-state index in [4.69, 9.17) is 0 Å².